The highest BCUT2D eigenvalue weighted by molar-refractivity contribution is 5.66. The summed E-state index contributed by atoms with van der Waals surface area (Å²) in [5.74, 6) is -0.306. The maximum Gasteiger partial charge on any atom is 0.125 e. The second-order valence-corrected chi connectivity index (χ2v) is 3.29. The Bertz CT molecular complexity index is 544. The minimum atomic E-state index is -0.306. The number of halogens is 1. The molecule has 0 amide bonds. The van der Waals surface area contributed by atoms with Crippen LogP contribution in [-0.2, 0) is 0 Å². The Morgan fingerprint density at radius 1 is 1.06 bits per heavy atom. The van der Waals surface area contributed by atoms with Crippen LogP contribution in [0.15, 0.2) is 48.5 Å². The lowest BCUT2D eigenvalue weighted by Crippen LogP contribution is -1.93. The van der Waals surface area contributed by atoms with Crippen molar-refractivity contribution in [2.75, 3.05) is 5.32 Å². The Morgan fingerprint density at radius 2 is 1.88 bits per heavy atom. The third kappa shape index (κ3) is 2.18. The minimum absolute atomic E-state index is 0.306. The molecule has 2 nitrogen and oxygen atoms in total. The number of nitrogens with one attached hydrogen (secondary N) is 1. The zero-order valence-corrected chi connectivity index (χ0v) is 8.44. The van der Waals surface area contributed by atoms with Crippen molar-refractivity contribution in [2.45, 2.75) is 0 Å². The summed E-state index contributed by atoms with van der Waals surface area (Å²) in [5.41, 5.74) is 1.84. The number of nitriles is 1. The smallest absolute Gasteiger partial charge is 0.125 e. The maximum absolute atomic E-state index is 12.9. The van der Waals surface area contributed by atoms with E-state index in [1.807, 2.05) is 6.07 Å². The Kier molecular flexibility index (Phi) is 2.84. The predicted molar refractivity (Wildman–Crippen MR) is 60.8 cm³/mol. The average molecular weight is 212 g/mol. The van der Waals surface area contributed by atoms with E-state index >= 15 is 0 Å². The highest BCUT2D eigenvalue weighted by Crippen LogP contribution is 2.20. The molecule has 0 aliphatic rings. The molecule has 0 saturated heterocycles. The molecule has 3 heteroatoms. The SMILES string of the molecule is N#Cc1ccccc1Nc1cccc(F)c1. The summed E-state index contributed by atoms with van der Waals surface area (Å²) >= 11 is 0. The Balaban J connectivity index is 2.31. The van der Waals surface area contributed by atoms with Gasteiger partial charge in [0.1, 0.15) is 11.9 Å². The molecule has 0 bridgehead atoms. The van der Waals surface area contributed by atoms with Gasteiger partial charge in [-0.15, -0.1) is 0 Å². The van der Waals surface area contributed by atoms with Crippen LogP contribution in [0, 0.1) is 17.1 Å². The maximum atomic E-state index is 12.9. The topological polar surface area (TPSA) is 35.8 Å². The number of hydrogen-bond acceptors (Lipinski definition) is 2. The Labute approximate surface area is 93.0 Å². The lowest BCUT2D eigenvalue weighted by Gasteiger charge is -2.07. The van der Waals surface area contributed by atoms with Crippen LogP contribution >= 0.6 is 0 Å². The molecule has 0 aromatic heterocycles. The van der Waals surface area contributed by atoms with Crippen LogP contribution in [0.3, 0.4) is 0 Å². The van der Waals surface area contributed by atoms with Crippen molar-refractivity contribution in [1.29, 1.82) is 5.26 Å². The van der Waals surface area contributed by atoms with Crippen LogP contribution in [-0.4, -0.2) is 0 Å². The van der Waals surface area contributed by atoms with Gasteiger partial charge in [-0.1, -0.05) is 18.2 Å². The first-order valence-corrected chi connectivity index (χ1v) is 4.81. The zero-order chi connectivity index (χ0) is 11.4. The van der Waals surface area contributed by atoms with Crippen LogP contribution in [0.4, 0.5) is 15.8 Å². The number of para-hydroxylation sites is 1. The van der Waals surface area contributed by atoms with E-state index in [0.717, 1.165) is 0 Å². The zero-order valence-electron chi connectivity index (χ0n) is 8.44. The van der Waals surface area contributed by atoms with Gasteiger partial charge in [0.05, 0.1) is 11.3 Å². The van der Waals surface area contributed by atoms with Crippen molar-refractivity contribution in [3.05, 3.63) is 59.9 Å². The van der Waals surface area contributed by atoms with E-state index in [9.17, 15) is 4.39 Å². The second kappa shape index (κ2) is 4.45. The van der Waals surface area contributed by atoms with Crippen molar-refractivity contribution in [3.63, 3.8) is 0 Å². The summed E-state index contributed by atoms with van der Waals surface area (Å²) in [5, 5.41) is 11.9. The molecular weight excluding hydrogens is 203 g/mol. The summed E-state index contributed by atoms with van der Waals surface area (Å²) in [6.07, 6.45) is 0. The monoisotopic (exact) mass is 212 g/mol. The molecule has 0 aliphatic heterocycles. The van der Waals surface area contributed by atoms with E-state index in [1.165, 1.54) is 12.1 Å². The van der Waals surface area contributed by atoms with Crippen LogP contribution in [0.25, 0.3) is 0 Å². The Morgan fingerprint density at radius 3 is 2.62 bits per heavy atom. The van der Waals surface area contributed by atoms with E-state index in [2.05, 4.69) is 11.4 Å². The molecule has 0 heterocycles. The summed E-state index contributed by atoms with van der Waals surface area (Å²) in [6, 6.07) is 15.3. The minimum Gasteiger partial charge on any atom is -0.354 e. The number of hydrogen-bond donors (Lipinski definition) is 1. The average Bonchev–Trinajstić information content (AvgIpc) is 2.30. The van der Waals surface area contributed by atoms with Gasteiger partial charge in [-0.3, -0.25) is 0 Å². The van der Waals surface area contributed by atoms with E-state index < -0.39 is 0 Å². The van der Waals surface area contributed by atoms with E-state index in [-0.39, 0.29) is 5.82 Å². The highest BCUT2D eigenvalue weighted by atomic mass is 19.1. The van der Waals surface area contributed by atoms with Crippen LogP contribution < -0.4 is 5.32 Å². The van der Waals surface area contributed by atoms with Crippen LogP contribution in [0.2, 0.25) is 0 Å². The molecule has 16 heavy (non-hydrogen) atoms. The summed E-state index contributed by atoms with van der Waals surface area (Å²) in [6.45, 7) is 0. The third-order valence-electron chi connectivity index (χ3n) is 2.15. The molecule has 2 rings (SSSR count). The summed E-state index contributed by atoms with van der Waals surface area (Å²) in [7, 11) is 0. The summed E-state index contributed by atoms with van der Waals surface area (Å²) < 4.78 is 12.9. The summed E-state index contributed by atoms with van der Waals surface area (Å²) in [4.78, 5) is 0. The molecule has 1 N–H and O–H groups in total. The predicted octanol–water partition coefficient (Wildman–Crippen LogP) is 3.44. The van der Waals surface area contributed by atoms with Crippen LogP contribution in [0.1, 0.15) is 5.56 Å². The number of rotatable bonds is 2. The van der Waals surface area contributed by atoms with Gasteiger partial charge in [-0.2, -0.15) is 5.26 Å². The van der Waals surface area contributed by atoms with E-state index in [4.69, 9.17) is 5.26 Å². The van der Waals surface area contributed by atoms with Gasteiger partial charge in [-0.25, -0.2) is 4.39 Å². The molecule has 0 saturated carbocycles. The molecule has 0 radical (unpaired) electrons. The molecule has 0 aliphatic carbocycles. The van der Waals surface area contributed by atoms with Gasteiger partial charge >= 0.3 is 0 Å². The van der Waals surface area contributed by atoms with Crippen molar-refractivity contribution in [2.24, 2.45) is 0 Å². The molecule has 2 aromatic rings. The standard InChI is InChI=1S/C13H9FN2/c14-11-5-3-6-12(8-11)16-13-7-2-1-4-10(13)9-15/h1-8,16H. The van der Waals surface area contributed by atoms with Crippen LogP contribution in [0.5, 0.6) is 0 Å². The molecule has 0 atom stereocenters. The molecule has 2 aromatic carbocycles. The fourth-order valence-electron chi connectivity index (χ4n) is 1.41. The molecular formula is C13H9FN2. The van der Waals surface area contributed by atoms with Gasteiger partial charge in [0.2, 0.25) is 0 Å². The second-order valence-electron chi connectivity index (χ2n) is 3.29. The van der Waals surface area contributed by atoms with Gasteiger partial charge in [0.15, 0.2) is 0 Å². The lowest BCUT2D eigenvalue weighted by atomic mass is 10.2. The molecule has 0 unspecified atom stereocenters. The Hall–Kier alpha value is -2.34. The fourth-order valence-corrected chi connectivity index (χ4v) is 1.41. The first-order valence-electron chi connectivity index (χ1n) is 4.81. The first kappa shape index (κ1) is 10.2. The van der Waals surface area contributed by atoms with E-state index in [1.54, 1.807) is 30.3 Å². The number of nitrogens with zero attached hydrogens (tertiary/aromatic N) is 1. The van der Waals surface area contributed by atoms with Crippen molar-refractivity contribution in [3.8, 4) is 6.07 Å². The van der Waals surface area contributed by atoms with Gasteiger partial charge in [0.25, 0.3) is 0 Å². The normalized spacial score (nSPS) is 9.50. The molecule has 0 fully saturated rings. The number of benzene rings is 2. The molecule has 78 valence electrons. The van der Waals surface area contributed by atoms with Gasteiger partial charge in [0, 0.05) is 5.69 Å². The first-order chi connectivity index (χ1) is 7.79. The highest BCUT2D eigenvalue weighted by Gasteiger charge is 2.01. The largest absolute Gasteiger partial charge is 0.354 e. The number of anilines is 2. The lowest BCUT2D eigenvalue weighted by molar-refractivity contribution is 0.628. The fraction of sp³-hybridized carbons (Fsp3) is 0. The van der Waals surface area contributed by atoms with Gasteiger partial charge < -0.3 is 5.32 Å². The van der Waals surface area contributed by atoms with Crippen molar-refractivity contribution in [1.82, 2.24) is 0 Å². The quantitative estimate of drug-likeness (QED) is 0.827. The van der Waals surface area contributed by atoms with Crippen molar-refractivity contribution < 1.29 is 4.39 Å². The van der Waals surface area contributed by atoms with Gasteiger partial charge in [-0.05, 0) is 30.3 Å². The van der Waals surface area contributed by atoms with Crippen molar-refractivity contribution >= 4 is 11.4 Å². The van der Waals surface area contributed by atoms with E-state index in [0.29, 0.717) is 16.9 Å². The molecule has 0 spiro atoms. The third-order valence-corrected chi connectivity index (χ3v) is 2.15.